The summed E-state index contributed by atoms with van der Waals surface area (Å²) in [5.41, 5.74) is 0.954. The monoisotopic (exact) mass is 361 g/mol. The van der Waals surface area contributed by atoms with Crippen molar-refractivity contribution in [1.29, 1.82) is 0 Å². The molecule has 5 heteroatoms. The van der Waals surface area contributed by atoms with Crippen LogP contribution in [-0.2, 0) is 6.42 Å². The van der Waals surface area contributed by atoms with E-state index in [2.05, 4.69) is 28.2 Å². The summed E-state index contributed by atoms with van der Waals surface area (Å²) < 4.78 is 14.9. The van der Waals surface area contributed by atoms with Gasteiger partial charge in [0.1, 0.15) is 5.82 Å². The first kappa shape index (κ1) is 15.0. The van der Waals surface area contributed by atoms with E-state index in [1.165, 1.54) is 10.9 Å². The zero-order valence-electron chi connectivity index (χ0n) is 10.4. The van der Waals surface area contributed by atoms with Crippen molar-refractivity contribution in [2.24, 2.45) is 0 Å². The first-order chi connectivity index (χ1) is 9.11. The molecule has 2 aromatic rings. The van der Waals surface area contributed by atoms with Gasteiger partial charge in [-0.2, -0.15) is 0 Å². The lowest BCUT2D eigenvalue weighted by atomic mass is 10.0. The molecule has 0 fully saturated rings. The Morgan fingerprint density at radius 2 is 2.16 bits per heavy atom. The Morgan fingerprint density at radius 1 is 1.37 bits per heavy atom. The first-order valence-corrected chi connectivity index (χ1v) is 8.02. The number of benzene rings is 1. The van der Waals surface area contributed by atoms with Gasteiger partial charge >= 0.3 is 0 Å². The predicted octanol–water partition coefficient (Wildman–Crippen LogP) is 5.20. The van der Waals surface area contributed by atoms with Crippen LogP contribution in [-0.4, -0.2) is 6.54 Å². The highest BCUT2D eigenvalue weighted by atomic mass is 79.9. The molecule has 1 unspecified atom stereocenters. The predicted molar refractivity (Wildman–Crippen MR) is 83.6 cm³/mol. The smallest absolute Gasteiger partial charge is 0.137 e. The van der Waals surface area contributed by atoms with Crippen LogP contribution in [0.3, 0.4) is 0 Å². The molecule has 0 bridgehead atoms. The average molecular weight is 363 g/mol. The number of likely N-dealkylation sites (N-methyl/N-ethyl adjacent to an activating group) is 1. The van der Waals surface area contributed by atoms with Crippen molar-refractivity contribution in [3.8, 4) is 0 Å². The molecule has 1 aromatic carbocycles. The van der Waals surface area contributed by atoms with E-state index in [4.69, 9.17) is 11.6 Å². The molecule has 0 aliphatic heterocycles. The lowest BCUT2D eigenvalue weighted by molar-refractivity contribution is 0.552. The summed E-state index contributed by atoms with van der Waals surface area (Å²) in [5, 5.41) is 3.42. The van der Waals surface area contributed by atoms with Crippen LogP contribution in [0.15, 0.2) is 34.8 Å². The van der Waals surface area contributed by atoms with Gasteiger partial charge in [-0.3, -0.25) is 0 Å². The van der Waals surface area contributed by atoms with Crippen molar-refractivity contribution in [2.45, 2.75) is 19.4 Å². The molecule has 1 heterocycles. The second-order valence-electron chi connectivity index (χ2n) is 4.17. The zero-order chi connectivity index (χ0) is 13.8. The van der Waals surface area contributed by atoms with Crippen molar-refractivity contribution in [2.75, 3.05) is 6.54 Å². The summed E-state index contributed by atoms with van der Waals surface area (Å²) in [4.78, 5) is 1.17. The fraction of sp³-hybridized carbons (Fsp3) is 0.286. The topological polar surface area (TPSA) is 12.0 Å². The van der Waals surface area contributed by atoms with E-state index in [1.807, 2.05) is 18.2 Å². The summed E-state index contributed by atoms with van der Waals surface area (Å²) in [7, 11) is 0. The Balaban J connectivity index is 2.23. The maximum absolute atomic E-state index is 13.5. The van der Waals surface area contributed by atoms with Crippen molar-refractivity contribution in [1.82, 2.24) is 5.32 Å². The molecule has 2 rings (SSSR count). The molecular weight excluding hydrogens is 349 g/mol. The lowest BCUT2D eigenvalue weighted by Gasteiger charge is -2.17. The largest absolute Gasteiger partial charge is 0.309 e. The molecule has 1 atom stereocenters. The summed E-state index contributed by atoms with van der Waals surface area (Å²) >= 11 is 10.9. The maximum atomic E-state index is 13.5. The molecule has 0 amide bonds. The van der Waals surface area contributed by atoms with Gasteiger partial charge in [-0.05, 0) is 52.7 Å². The Bertz CT molecular complexity index is 558. The van der Waals surface area contributed by atoms with Crippen LogP contribution in [0.25, 0.3) is 0 Å². The van der Waals surface area contributed by atoms with E-state index in [9.17, 15) is 4.39 Å². The van der Waals surface area contributed by atoms with Crippen LogP contribution >= 0.6 is 38.9 Å². The van der Waals surface area contributed by atoms with E-state index in [0.29, 0.717) is 4.47 Å². The highest BCUT2D eigenvalue weighted by Crippen LogP contribution is 2.31. The molecule has 102 valence electrons. The third kappa shape index (κ3) is 3.78. The normalized spacial score (nSPS) is 12.6. The van der Waals surface area contributed by atoms with Gasteiger partial charge in [0, 0.05) is 10.9 Å². The van der Waals surface area contributed by atoms with Crippen LogP contribution in [0.2, 0.25) is 4.34 Å². The first-order valence-electron chi connectivity index (χ1n) is 6.03. The van der Waals surface area contributed by atoms with E-state index < -0.39 is 0 Å². The fourth-order valence-corrected chi connectivity index (χ4v) is 3.52. The number of hydrogen-bond acceptors (Lipinski definition) is 2. The zero-order valence-corrected chi connectivity index (χ0v) is 13.6. The van der Waals surface area contributed by atoms with Crippen molar-refractivity contribution in [3.63, 3.8) is 0 Å². The Hall–Kier alpha value is -0.420. The van der Waals surface area contributed by atoms with Crippen LogP contribution < -0.4 is 5.32 Å². The molecule has 1 N–H and O–H groups in total. The quantitative estimate of drug-likeness (QED) is 0.771. The Labute approximate surface area is 129 Å². The second-order valence-corrected chi connectivity index (χ2v) is 6.71. The molecule has 0 saturated carbocycles. The van der Waals surface area contributed by atoms with Gasteiger partial charge < -0.3 is 5.32 Å². The van der Waals surface area contributed by atoms with Crippen LogP contribution in [0.5, 0.6) is 0 Å². The minimum absolute atomic E-state index is 0.153. The maximum Gasteiger partial charge on any atom is 0.137 e. The summed E-state index contributed by atoms with van der Waals surface area (Å²) in [6.07, 6.45) is 0.725. The van der Waals surface area contributed by atoms with Gasteiger partial charge in [-0.1, -0.05) is 30.7 Å². The van der Waals surface area contributed by atoms with Gasteiger partial charge in [0.05, 0.1) is 8.81 Å². The highest BCUT2D eigenvalue weighted by Gasteiger charge is 2.16. The molecular formula is C14H14BrClFNS. The van der Waals surface area contributed by atoms with E-state index in [-0.39, 0.29) is 11.9 Å². The molecule has 19 heavy (non-hydrogen) atoms. The minimum Gasteiger partial charge on any atom is -0.309 e. The van der Waals surface area contributed by atoms with Crippen LogP contribution in [0.1, 0.15) is 23.4 Å². The van der Waals surface area contributed by atoms with Crippen LogP contribution in [0, 0.1) is 5.82 Å². The van der Waals surface area contributed by atoms with E-state index >= 15 is 0 Å². The molecule has 0 aliphatic carbocycles. The Morgan fingerprint density at radius 3 is 2.79 bits per heavy atom. The van der Waals surface area contributed by atoms with Gasteiger partial charge in [0.2, 0.25) is 0 Å². The standard InChI is InChI=1S/C14H14BrClFNS/c1-2-18-11(12-6-7-13(16)19-12)8-9-4-3-5-10(17)14(9)15/h3-7,11,18H,2,8H2,1H3. The third-order valence-electron chi connectivity index (χ3n) is 2.84. The molecule has 0 saturated heterocycles. The van der Waals surface area contributed by atoms with Crippen molar-refractivity contribution in [3.05, 3.63) is 55.4 Å². The van der Waals surface area contributed by atoms with E-state index in [0.717, 1.165) is 22.9 Å². The van der Waals surface area contributed by atoms with E-state index in [1.54, 1.807) is 17.4 Å². The van der Waals surface area contributed by atoms with Crippen molar-refractivity contribution < 1.29 is 4.39 Å². The minimum atomic E-state index is -0.225. The van der Waals surface area contributed by atoms with Gasteiger partial charge in [0.15, 0.2) is 0 Å². The second kappa shape index (κ2) is 6.84. The summed E-state index contributed by atoms with van der Waals surface area (Å²) in [6, 6.07) is 9.20. The number of thiophene rings is 1. The molecule has 1 nitrogen and oxygen atoms in total. The fourth-order valence-electron chi connectivity index (χ4n) is 1.96. The van der Waals surface area contributed by atoms with Gasteiger partial charge in [-0.15, -0.1) is 11.3 Å². The number of nitrogens with one attached hydrogen (secondary N) is 1. The number of hydrogen-bond donors (Lipinski definition) is 1. The number of rotatable bonds is 5. The summed E-state index contributed by atoms with van der Waals surface area (Å²) in [5.74, 6) is -0.225. The molecule has 0 aliphatic rings. The molecule has 1 aromatic heterocycles. The molecule has 0 radical (unpaired) electrons. The van der Waals surface area contributed by atoms with Crippen LogP contribution in [0.4, 0.5) is 4.39 Å². The van der Waals surface area contributed by atoms with Gasteiger partial charge in [-0.25, -0.2) is 4.39 Å². The Kier molecular flexibility index (Phi) is 5.39. The summed E-state index contributed by atoms with van der Waals surface area (Å²) in [6.45, 7) is 2.91. The molecule has 0 spiro atoms. The number of halogens is 3. The van der Waals surface area contributed by atoms with Gasteiger partial charge in [0.25, 0.3) is 0 Å². The average Bonchev–Trinajstić information content (AvgIpc) is 2.81. The van der Waals surface area contributed by atoms with Crippen molar-refractivity contribution >= 4 is 38.9 Å². The highest BCUT2D eigenvalue weighted by molar-refractivity contribution is 9.10. The SMILES string of the molecule is CCNC(Cc1cccc(F)c1Br)c1ccc(Cl)s1. The lowest BCUT2D eigenvalue weighted by Crippen LogP contribution is -2.22. The third-order valence-corrected chi connectivity index (χ3v) is 5.08.